The van der Waals surface area contributed by atoms with E-state index < -0.39 is 34.4 Å². The zero-order valence-corrected chi connectivity index (χ0v) is 18.5. The molecule has 166 valence electrons. The van der Waals surface area contributed by atoms with E-state index in [2.05, 4.69) is 10.1 Å². The first-order chi connectivity index (χ1) is 14.6. The van der Waals surface area contributed by atoms with Gasteiger partial charge < -0.3 is 14.8 Å². The minimum atomic E-state index is -3.77. The zero-order valence-electron chi connectivity index (χ0n) is 17.7. The van der Waals surface area contributed by atoms with Crippen LogP contribution < -0.4 is 9.62 Å². The van der Waals surface area contributed by atoms with Crippen molar-refractivity contribution in [2.45, 2.75) is 13.3 Å². The third-order valence-electron chi connectivity index (χ3n) is 4.44. The first-order valence-electron chi connectivity index (χ1n) is 9.27. The Morgan fingerprint density at radius 1 is 0.968 bits per heavy atom. The minimum absolute atomic E-state index is 0.00158. The summed E-state index contributed by atoms with van der Waals surface area (Å²) in [6.07, 6.45) is 1.78. The number of carbonyl (C=O) groups excluding carboxylic acids is 3. The second kappa shape index (κ2) is 10.1. The highest BCUT2D eigenvalue weighted by Gasteiger charge is 2.23. The molecule has 31 heavy (non-hydrogen) atoms. The number of esters is 2. The van der Waals surface area contributed by atoms with Crippen molar-refractivity contribution in [1.82, 2.24) is 0 Å². The van der Waals surface area contributed by atoms with Gasteiger partial charge in [-0.05, 0) is 42.3 Å². The van der Waals surface area contributed by atoms with E-state index in [1.165, 1.54) is 32.4 Å². The van der Waals surface area contributed by atoms with Gasteiger partial charge in [-0.2, -0.15) is 0 Å². The van der Waals surface area contributed by atoms with Gasteiger partial charge in [-0.25, -0.2) is 18.0 Å². The fraction of sp³-hybridized carbons (Fsp3) is 0.286. The summed E-state index contributed by atoms with van der Waals surface area (Å²) >= 11 is 0. The van der Waals surface area contributed by atoms with Crippen LogP contribution in [0.5, 0.6) is 0 Å². The van der Waals surface area contributed by atoms with Crippen molar-refractivity contribution in [3.63, 3.8) is 0 Å². The monoisotopic (exact) mass is 448 g/mol. The van der Waals surface area contributed by atoms with Gasteiger partial charge in [0.2, 0.25) is 15.9 Å². The largest absolute Gasteiger partial charge is 0.465 e. The number of carbonyl (C=O) groups is 3. The van der Waals surface area contributed by atoms with Crippen LogP contribution in [0.15, 0.2) is 42.5 Å². The number of amides is 1. The second-order valence-electron chi connectivity index (χ2n) is 6.58. The van der Waals surface area contributed by atoms with Crippen LogP contribution in [-0.2, 0) is 30.7 Å². The summed E-state index contributed by atoms with van der Waals surface area (Å²) in [5.41, 5.74) is 1.44. The number of rotatable bonds is 8. The van der Waals surface area contributed by atoms with Crippen molar-refractivity contribution in [2.75, 3.05) is 36.6 Å². The van der Waals surface area contributed by atoms with Crippen LogP contribution in [-0.4, -0.2) is 53.3 Å². The maximum atomic E-state index is 12.7. The molecule has 0 bridgehead atoms. The molecule has 0 unspecified atom stereocenters. The average Bonchev–Trinajstić information content (AvgIpc) is 2.75. The van der Waals surface area contributed by atoms with E-state index in [1.54, 1.807) is 24.3 Å². The first-order valence-corrected chi connectivity index (χ1v) is 11.1. The molecule has 1 amide bonds. The molecule has 0 radical (unpaired) electrons. The molecule has 2 aromatic carbocycles. The molecule has 0 spiro atoms. The van der Waals surface area contributed by atoms with Crippen LogP contribution in [0.1, 0.15) is 33.2 Å². The molecule has 2 rings (SSSR count). The Bertz CT molecular complexity index is 1080. The number of ether oxygens (including phenoxy) is 2. The summed E-state index contributed by atoms with van der Waals surface area (Å²) in [7, 11) is -1.40. The second-order valence-corrected chi connectivity index (χ2v) is 8.49. The smallest absolute Gasteiger partial charge is 0.339 e. The first kappa shape index (κ1) is 23.9. The van der Waals surface area contributed by atoms with Gasteiger partial charge in [0.1, 0.15) is 6.54 Å². The molecule has 0 aliphatic carbocycles. The molecule has 2 aromatic rings. The van der Waals surface area contributed by atoms with E-state index in [1.807, 2.05) is 6.92 Å². The zero-order chi connectivity index (χ0) is 23.2. The number of anilines is 2. The Morgan fingerprint density at radius 3 is 2.10 bits per heavy atom. The van der Waals surface area contributed by atoms with Gasteiger partial charge in [0.15, 0.2) is 0 Å². The number of nitrogens with one attached hydrogen (secondary N) is 1. The molecule has 0 aliphatic heterocycles. The molecule has 0 atom stereocenters. The fourth-order valence-corrected chi connectivity index (χ4v) is 3.65. The standard InChI is InChI=1S/C21H24N2O7S/c1-5-14-6-9-16(10-7-14)23(31(4,27)28)13-19(24)22-18-12-15(20(25)29-2)8-11-17(18)21(26)30-3/h6-12H,5,13H2,1-4H3,(H,22,24). The normalized spacial score (nSPS) is 10.8. The predicted molar refractivity (Wildman–Crippen MR) is 116 cm³/mol. The number of hydrogen-bond acceptors (Lipinski definition) is 7. The number of nitrogens with zero attached hydrogens (tertiary/aromatic N) is 1. The summed E-state index contributed by atoms with van der Waals surface area (Å²) in [6.45, 7) is 1.44. The van der Waals surface area contributed by atoms with E-state index in [-0.39, 0.29) is 16.8 Å². The molecule has 0 fully saturated rings. The molecule has 0 aliphatic rings. The summed E-state index contributed by atoms with van der Waals surface area (Å²) in [4.78, 5) is 36.5. The summed E-state index contributed by atoms with van der Waals surface area (Å²) in [5, 5.41) is 2.49. The molecule has 0 heterocycles. The van der Waals surface area contributed by atoms with E-state index in [0.29, 0.717) is 5.69 Å². The molecule has 0 aromatic heterocycles. The van der Waals surface area contributed by atoms with Crippen LogP contribution >= 0.6 is 0 Å². The number of hydrogen-bond donors (Lipinski definition) is 1. The van der Waals surface area contributed by atoms with Crippen LogP contribution in [0.2, 0.25) is 0 Å². The highest BCUT2D eigenvalue weighted by Crippen LogP contribution is 2.22. The van der Waals surface area contributed by atoms with E-state index in [9.17, 15) is 22.8 Å². The van der Waals surface area contributed by atoms with Crippen molar-refractivity contribution in [2.24, 2.45) is 0 Å². The van der Waals surface area contributed by atoms with E-state index in [4.69, 9.17) is 4.74 Å². The van der Waals surface area contributed by atoms with Crippen molar-refractivity contribution < 1.29 is 32.3 Å². The highest BCUT2D eigenvalue weighted by atomic mass is 32.2. The van der Waals surface area contributed by atoms with Gasteiger partial charge in [-0.15, -0.1) is 0 Å². The third-order valence-corrected chi connectivity index (χ3v) is 5.58. The molecule has 9 nitrogen and oxygen atoms in total. The highest BCUT2D eigenvalue weighted by molar-refractivity contribution is 7.92. The van der Waals surface area contributed by atoms with E-state index in [0.717, 1.165) is 22.5 Å². The third kappa shape index (κ3) is 6.05. The fourth-order valence-electron chi connectivity index (χ4n) is 2.80. The van der Waals surface area contributed by atoms with Gasteiger partial charge in [-0.3, -0.25) is 9.10 Å². The quantitative estimate of drug-likeness (QED) is 0.615. The molecule has 0 saturated carbocycles. The minimum Gasteiger partial charge on any atom is -0.465 e. The lowest BCUT2D eigenvalue weighted by atomic mass is 10.1. The maximum Gasteiger partial charge on any atom is 0.339 e. The van der Waals surface area contributed by atoms with Crippen molar-refractivity contribution >= 4 is 39.2 Å². The lowest BCUT2D eigenvalue weighted by Crippen LogP contribution is -2.37. The summed E-state index contributed by atoms with van der Waals surface area (Å²) < 4.78 is 34.9. The molecule has 1 N–H and O–H groups in total. The average molecular weight is 448 g/mol. The Morgan fingerprint density at radius 2 is 1.58 bits per heavy atom. The number of benzene rings is 2. The van der Waals surface area contributed by atoms with Crippen molar-refractivity contribution in [3.05, 3.63) is 59.2 Å². The molecular formula is C21H24N2O7S. The Labute approximate surface area is 181 Å². The number of sulfonamides is 1. The number of methoxy groups -OCH3 is 2. The maximum absolute atomic E-state index is 12.7. The van der Waals surface area contributed by atoms with Crippen LogP contribution in [0.3, 0.4) is 0 Å². The lowest BCUT2D eigenvalue weighted by Gasteiger charge is -2.22. The van der Waals surface area contributed by atoms with Crippen LogP contribution in [0, 0.1) is 0 Å². The van der Waals surface area contributed by atoms with Crippen molar-refractivity contribution in [3.8, 4) is 0 Å². The summed E-state index contributed by atoms with van der Waals surface area (Å²) in [5.74, 6) is -2.11. The number of aryl methyl sites for hydroxylation is 1. The predicted octanol–water partition coefficient (Wildman–Crippen LogP) is 2.23. The topological polar surface area (TPSA) is 119 Å². The van der Waals surface area contributed by atoms with E-state index >= 15 is 0 Å². The SMILES string of the molecule is CCc1ccc(N(CC(=O)Nc2cc(C(=O)OC)ccc2C(=O)OC)S(C)(=O)=O)cc1. The Kier molecular flexibility index (Phi) is 7.76. The van der Waals surface area contributed by atoms with Crippen LogP contribution in [0.4, 0.5) is 11.4 Å². The molecule has 10 heteroatoms. The van der Waals surface area contributed by atoms with Crippen LogP contribution in [0.25, 0.3) is 0 Å². The van der Waals surface area contributed by atoms with Gasteiger partial charge >= 0.3 is 11.9 Å². The summed E-state index contributed by atoms with van der Waals surface area (Å²) in [6, 6.07) is 10.7. The Balaban J connectivity index is 2.35. The molecular weight excluding hydrogens is 424 g/mol. The van der Waals surface area contributed by atoms with Gasteiger partial charge in [0.25, 0.3) is 0 Å². The van der Waals surface area contributed by atoms with Gasteiger partial charge in [-0.1, -0.05) is 19.1 Å². The van der Waals surface area contributed by atoms with Gasteiger partial charge in [0, 0.05) is 0 Å². The molecule has 0 saturated heterocycles. The lowest BCUT2D eigenvalue weighted by molar-refractivity contribution is -0.114. The Hall–Kier alpha value is -3.40. The van der Waals surface area contributed by atoms with Gasteiger partial charge in [0.05, 0.1) is 43.0 Å². The van der Waals surface area contributed by atoms with Crippen molar-refractivity contribution in [1.29, 1.82) is 0 Å².